The number of carbonyl (C=O) groups is 2. The summed E-state index contributed by atoms with van der Waals surface area (Å²) in [5.41, 5.74) is 0. The third-order valence-electron chi connectivity index (χ3n) is 1.96. The zero-order chi connectivity index (χ0) is 10.1. The average Bonchev–Trinajstić information content (AvgIpc) is 2.81. The minimum absolute atomic E-state index is 0.0956. The van der Waals surface area contributed by atoms with E-state index in [0.29, 0.717) is 6.61 Å². The Morgan fingerprint density at radius 3 is 2.21 bits per heavy atom. The summed E-state index contributed by atoms with van der Waals surface area (Å²) in [7, 11) is 0.792. The molecule has 2 heterocycles. The fourth-order valence-corrected chi connectivity index (χ4v) is 1.22. The molecule has 2 rings (SSSR count). The first-order chi connectivity index (χ1) is 6.65. The highest BCUT2D eigenvalue weighted by molar-refractivity contribution is 6.51. The van der Waals surface area contributed by atoms with Crippen molar-refractivity contribution < 1.29 is 23.6 Å². The molecule has 1 atom stereocenters. The van der Waals surface area contributed by atoms with E-state index in [1.165, 1.54) is 4.90 Å². The van der Waals surface area contributed by atoms with Crippen molar-refractivity contribution in [1.82, 2.24) is 4.90 Å². The monoisotopic (exact) mass is 199 g/mol. The van der Waals surface area contributed by atoms with Crippen LogP contribution in [0.1, 0.15) is 0 Å². The number of epoxide rings is 1. The van der Waals surface area contributed by atoms with Gasteiger partial charge >= 0.3 is 19.1 Å². The minimum Gasteiger partial charge on any atom is -0.497 e. The van der Waals surface area contributed by atoms with Crippen molar-refractivity contribution in [2.45, 2.75) is 6.00 Å². The molecule has 6 nitrogen and oxygen atoms in total. The van der Waals surface area contributed by atoms with E-state index in [-0.39, 0.29) is 19.1 Å². The number of hydrogen-bond acceptors (Lipinski definition) is 6. The number of ether oxygens (including phenoxy) is 1. The number of rotatable bonds is 1. The zero-order valence-corrected chi connectivity index (χ0v) is 7.76. The van der Waals surface area contributed by atoms with Gasteiger partial charge in [-0.25, -0.2) is 0 Å². The maximum atomic E-state index is 11.2. The Morgan fingerprint density at radius 1 is 1.29 bits per heavy atom. The molecule has 2 fully saturated rings. The van der Waals surface area contributed by atoms with Crippen LogP contribution in [0.4, 0.5) is 0 Å². The van der Waals surface area contributed by atoms with Gasteiger partial charge in [0.2, 0.25) is 0 Å². The molecule has 0 unspecified atom stereocenters. The maximum Gasteiger partial charge on any atom is 0.632 e. The summed E-state index contributed by atoms with van der Waals surface area (Å²) in [5.74, 6) is -0.805. The predicted molar refractivity (Wildman–Crippen MR) is 45.2 cm³/mol. The van der Waals surface area contributed by atoms with E-state index in [4.69, 9.17) is 14.0 Å². The fourth-order valence-electron chi connectivity index (χ4n) is 1.22. The van der Waals surface area contributed by atoms with Gasteiger partial charge in [-0.15, -0.1) is 0 Å². The van der Waals surface area contributed by atoms with E-state index >= 15 is 0 Å². The quantitative estimate of drug-likeness (QED) is 0.376. The lowest BCUT2D eigenvalue weighted by molar-refractivity contribution is -0.145. The van der Waals surface area contributed by atoms with E-state index in [9.17, 15) is 9.59 Å². The highest BCUT2D eigenvalue weighted by Crippen LogP contribution is 2.16. The van der Waals surface area contributed by atoms with Crippen LogP contribution in [0, 0.1) is 0 Å². The van der Waals surface area contributed by atoms with Gasteiger partial charge in [0.05, 0.1) is 19.7 Å². The van der Waals surface area contributed by atoms with Crippen molar-refractivity contribution in [2.24, 2.45) is 0 Å². The molecule has 0 amide bonds. The lowest BCUT2D eigenvalue weighted by Crippen LogP contribution is -2.44. The SMILES string of the molecule is CN1CC(=O)OB([C@@H]2CO2)OC(=O)C1. The molecule has 2 aliphatic rings. The average molecular weight is 199 g/mol. The van der Waals surface area contributed by atoms with Crippen molar-refractivity contribution in [2.75, 3.05) is 26.7 Å². The Kier molecular flexibility index (Phi) is 2.43. The fraction of sp³-hybridized carbons (Fsp3) is 0.714. The third-order valence-corrected chi connectivity index (χ3v) is 1.96. The molecule has 0 spiro atoms. The molecular formula is C7H10BNO5. The molecule has 2 aliphatic heterocycles. The summed E-state index contributed by atoms with van der Waals surface area (Å²) in [6.07, 6.45) is 0. The molecule has 0 bridgehead atoms. The number of nitrogens with zero attached hydrogens (tertiary/aromatic N) is 1. The Morgan fingerprint density at radius 2 is 1.79 bits per heavy atom. The standard InChI is InChI=1S/C7H10BNO5/c1-9-2-6(10)13-8(5-4-12-5)14-7(11)3-9/h5H,2-4H2,1H3/t5-/m0/s1. The van der Waals surface area contributed by atoms with Crippen LogP contribution in [0.15, 0.2) is 0 Å². The molecule has 0 aromatic carbocycles. The Labute approximate surface area is 81.2 Å². The van der Waals surface area contributed by atoms with E-state index in [2.05, 4.69) is 0 Å². The number of hydrogen-bond donors (Lipinski definition) is 0. The largest absolute Gasteiger partial charge is 0.632 e. The van der Waals surface area contributed by atoms with Crippen LogP contribution in [-0.2, 0) is 23.6 Å². The van der Waals surface area contributed by atoms with Gasteiger partial charge in [-0.2, -0.15) is 0 Å². The van der Waals surface area contributed by atoms with E-state index in [1.54, 1.807) is 7.05 Å². The van der Waals surface area contributed by atoms with Crippen molar-refractivity contribution >= 4 is 19.1 Å². The predicted octanol–water partition coefficient (Wildman–Crippen LogP) is -1.56. The van der Waals surface area contributed by atoms with Crippen LogP contribution in [0.3, 0.4) is 0 Å². The second-order valence-corrected chi connectivity index (χ2v) is 3.39. The van der Waals surface area contributed by atoms with Crippen molar-refractivity contribution in [1.29, 1.82) is 0 Å². The normalized spacial score (nSPS) is 28.9. The highest BCUT2D eigenvalue weighted by Gasteiger charge is 2.47. The molecule has 14 heavy (non-hydrogen) atoms. The topological polar surface area (TPSA) is 68.4 Å². The van der Waals surface area contributed by atoms with Gasteiger partial charge in [0, 0.05) is 0 Å². The van der Waals surface area contributed by atoms with Gasteiger partial charge in [-0.05, 0) is 7.05 Å². The second kappa shape index (κ2) is 3.59. The van der Waals surface area contributed by atoms with Gasteiger partial charge in [0.1, 0.15) is 6.00 Å². The van der Waals surface area contributed by atoms with Crippen LogP contribution >= 0.6 is 0 Å². The number of carbonyl (C=O) groups excluding carboxylic acids is 2. The van der Waals surface area contributed by atoms with Gasteiger partial charge < -0.3 is 14.0 Å². The molecule has 0 N–H and O–H groups in total. The minimum atomic E-state index is -0.858. The van der Waals surface area contributed by atoms with E-state index < -0.39 is 19.1 Å². The first-order valence-corrected chi connectivity index (χ1v) is 4.34. The summed E-state index contributed by atoms with van der Waals surface area (Å²) in [6.45, 7) is 0.664. The van der Waals surface area contributed by atoms with Gasteiger partial charge in [0.15, 0.2) is 0 Å². The van der Waals surface area contributed by atoms with Crippen LogP contribution in [-0.4, -0.2) is 56.7 Å². The molecule has 0 saturated carbocycles. The highest BCUT2D eigenvalue weighted by atomic mass is 16.7. The lowest BCUT2D eigenvalue weighted by atomic mass is 9.84. The summed E-state index contributed by atoms with van der Waals surface area (Å²) in [6, 6.07) is -0.272. The molecular weight excluding hydrogens is 189 g/mol. The first kappa shape index (κ1) is 9.48. The Hall–Kier alpha value is -1.08. The smallest absolute Gasteiger partial charge is 0.497 e. The van der Waals surface area contributed by atoms with Crippen molar-refractivity contribution in [3.8, 4) is 0 Å². The Bertz CT molecular complexity index is 247. The zero-order valence-electron chi connectivity index (χ0n) is 7.76. The van der Waals surface area contributed by atoms with Gasteiger partial charge in [-0.3, -0.25) is 14.5 Å². The molecule has 0 aromatic rings. The second-order valence-electron chi connectivity index (χ2n) is 3.39. The first-order valence-electron chi connectivity index (χ1n) is 4.34. The molecule has 0 aromatic heterocycles. The molecule has 76 valence electrons. The molecule has 0 aliphatic carbocycles. The summed E-state index contributed by atoms with van der Waals surface area (Å²) < 4.78 is 14.7. The third kappa shape index (κ3) is 2.24. The van der Waals surface area contributed by atoms with E-state index in [0.717, 1.165) is 0 Å². The summed E-state index contributed by atoms with van der Waals surface area (Å²) in [4.78, 5) is 23.9. The van der Waals surface area contributed by atoms with Crippen LogP contribution < -0.4 is 0 Å². The summed E-state index contributed by atoms with van der Waals surface area (Å²) in [5, 5.41) is 0. The van der Waals surface area contributed by atoms with Crippen molar-refractivity contribution in [3.63, 3.8) is 0 Å². The molecule has 2 saturated heterocycles. The lowest BCUT2D eigenvalue weighted by Gasteiger charge is -2.21. The van der Waals surface area contributed by atoms with Crippen molar-refractivity contribution in [3.05, 3.63) is 0 Å². The summed E-state index contributed by atoms with van der Waals surface area (Å²) >= 11 is 0. The van der Waals surface area contributed by atoms with Crippen LogP contribution in [0.5, 0.6) is 0 Å². The van der Waals surface area contributed by atoms with Crippen LogP contribution in [0.25, 0.3) is 0 Å². The maximum absolute atomic E-state index is 11.2. The Balaban J connectivity index is 1.99. The molecule has 0 radical (unpaired) electrons. The van der Waals surface area contributed by atoms with Crippen LogP contribution in [0.2, 0.25) is 0 Å². The van der Waals surface area contributed by atoms with E-state index in [1.807, 2.05) is 0 Å². The number of likely N-dealkylation sites (N-methyl/N-ethyl adjacent to an activating group) is 1. The molecule has 7 heteroatoms. The van der Waals surface area contributed by atoms with Gasteiger partial charge in [-0.1, -0.05) is 0 Å². The van der Waals surface area contributed by atoms with Gasteiger partial charge in [0.25, 0.3) is 0 Å².